The van der Waals surface area contributed by atoms with Gasteiger partial charge < -0.3 is 10.2 Å². The Balaban J connectivity index is 2.23. The monoisotopic (exact) mass is 240 g/mol. The largest absolute Gasteiger partial charge is 0.312 e. The molecule has 0 spiro atoms. The van der Waals surface area contributed by atoms with E-state index in [-0.39, 0.29) is 5.54 Å². The van der Waals surface area contributed by atoms with Crippen molar-refractivity contribution in [3.63, 3.8) is 0 Å². The van der Waals surface area contributed by atoms with Gasteiger partial charge in [-0.15, -0.1) is 0 Å². The Bertz CT molecular complexity index is 203. The van der Waals surface area contributed by atoms with Crippen molar-refractivity contribution in [2.24, 2.45) is 11.8 Å². The first kappa shape index (κ1) is 15.0. The number of rotatable bonds is 6. The van der Waals surface area contributed by atoms with Crippen LogP contribution in [0.15, 0.2) is 0 Å². The first-order valence-corrected chi connectivity index (χ1v) is 7.42. The van der Waals surface area contributed by atoms with E-state index in [0.29, 0.717) is 0 Å². The summed E-state index contributed by atoms with van der Waals surface area (Å²) in [6.45, 7) is 16.5. The molecule has 0 aromatic heterocycles. The van der Waals surface area contributed by atoms with Crippen molar-refractivity contribution in [2.45, 2.75) is 59.4 Å². The summed E-state index contributed by atoms with van der Waals surface area (Å²) in [5, 5.41) is 3.64. The summed E-state index contributed by atoms with van der Waals surface area (Å²) in [4.78, 5) is 2.67. The normalized spacial score (nSPS) is 22.6. The van der Waals surface area contributed by atoms with Crippen LogP contribution in [0.1, 0.15) is 53.9 Å². The van der Waals surface area contributed by atoms with Crippen molar-refractivity contribution in [3.8, 4) is 0 Å². The number of hydrogen-bond donors (Lipinski definition) is 1. The molecule has 1 aliphatic heterocycles. The fourth-order valence-corrected chi connectivity index (χ4v) is 2.61. The van der Waals surface area contributed by atoms with Crippen LogP contribution >= 0.6 is 0 Å². The zero-order valence-electron chi connectivity index (χ0n) is 12.6. The van der Waals surface area contributed by atoms with Crippen molar-refractivity contribution in [1.29, 1.82) is 0 Å². The second-order valence-electron chi connectivity index (χ2n) is 6.73. The maximum Gasteiger partial charge on any atom is 0.00966 e. The molecule has 0 radical (unpaired) electrons. The van der Waals surface area contributed by atoms with Gasteiger partial charge in [0.25, 0.3) is 0 Å². The molecule has 1 atom stereocenters. The quantitative estimate of drug-likeness (QED) is 0.767. The predicted molar refractivity (Wildman–Crippen MR) is 76.4 cm³/mol. The summed E-state index contributed by atoms with van der Waals surface area (Å²) in [7, 11) is 0. The third-order valence-electron chi connectivity index (χ3n) is 3.96. The molecule has 1 heterocycles. The zero-order chi connectivity index (χ0) is 12.9. The molecule has 1 fully saturated rings. The Morgan fingerprint density at radius 2 is 1.88 bits per heavy atom. The highest BCUT2D eigenvalue weighted by molar-refractivity contribution is 4.81. The van der Waals surface area contributed by atoms with E-state index in [1.165, 1.54) is 45.4 Å². The average Bonchev–Trinajstić information content (AvgIpc) is 2.70. The Morgan fingerprint density at radius 1 is 1.24 bits per heavy atom. The topological polar surface area (TPSA) is 15.3 Å². The predicted octanol–water partition coefficient (Wildman–Crippen LogP) is 3.13. The van der Waals surface area contributed by atoms with Gasteiger partial charge in [0, 0.05) is 18.6 Å². The van der Waals surface area contributed by atoms with Gasteiger partial charge in [0.1, 0.15) is 0 Å². The SMILES string of the molecule is CCC(CC)CN1CCC(CNC(C)(C)C)C1. The van der Waals surface area contributed by atoms with Crippen LogP contribution in [0.5, 0.6) is 0 Å². The first-order valence-electron chi connectivity index (χ1n) is 7.42. The molecule has 1 aliphatic rings. The minimum Gasteiger partial charge on any atom is -0.312 e. The van der Waals surface area contributed by atoms with E-state index in [1.807, 2.05) is 0 Å². The Kier molecular flexibility index (Phi) is 5.94. The van der Waals surface area contributed by atoms with Crippen LogP contribution in [0.2, 0.25) is 0 Å². The summed E-state index contributed by atoms with van der Waals surface area (Å²) in [5.41, 5.74) is 0.267. The van der Waals surface area contributed by atoms with Gasteiger partial charge >= 0.3 is 0 Å². The summed E-state index contributed by atoms with van der Waals surface area (Å²) >= 11 is 0. The lowest BCUT2D eigenvalue weighted by Crippen LogP contribution is -2.39. The minimum absolute atomic E-state index is 0.267. The molecule has 102 valence electrons. The maximum atomic E-state index is 3.64. The molecule has 0 aromatic carbocycles. The lowest BCUT2D eigenvalue weighted by molar-refractivity contribution is 0.256. The second kappa shape index (κ2) is 6.75. The molecular formula is C15H32N2. The van der Waals surface area contributed by atoms with Gasteiger partial charge in [0.15, 0.2) is 0 Å². The van der Waals surface area contributed by atoms with Crippen LogP contribution in [-0.2, 0) is 0 Å². The molecule has 0 bridgehead atoms. The van der Waals surface area contributed by atoms with Crippen molar-refractivity contribution in [2.75, 3.05) is 26.2 Å². The Morgan fingerprint density at radius 3 is 2.41 bits per heavy atom. The molecular weight excluding hydrogens is 208 g/mol. The van der Waals surface area contributed by atoms with Crippen LogP contribution in [-0.4, -0.2) is 36.6 Å². The van der Waals surface area contributed by atoms with Gasteiger partial charge in [0.05, 0.1) is 0 Å². The molecule has 1 rings (SSSR count). The number of nitrogens with zero attached hydrogens (tertiary/aromatic N) is 1. The van der Waals surface area contributed by atoms with Crippen molar-refractivity contribution >= 4 is 0 Å². The summed E-state index contributed by atoms with van der Waals surface area (Å²) in [6.07, 6.45) is 4.04. The van der Waals surface area contributed by atoms with Crippen LogP contribution in [0.25, 0.3) is 0 Å². The maximum absolute atomic E-state index is 3.64. The molecule has 0 saturated carbocycles. The van der Waals surface area contributed by atoms with Crippen molar-refractivity contribution < 1.29 is 0 Å². The standard InChI is InChI=1S/C15H32N2/c1-6-13(7-2)11-17-9-8-14(12-17)10-16-15(3,4)5/h13-14,16H,6-12H2,1-5H3. The van der Waals surface area contributed by atoms with Gasteiger partial charge in [-0.1, -0.05) is 26.7 Å². The van der Waals surface area contributed by atoms with Crippen molar-refractivity contribution in [3.05, 3.63) is 0 Å². The zero-order valence-corrected chi connectivity index (χ0v) is 12.6. The molecule has 1 unspecified atom stereocenters. The van der Waals surface area contributed by atoms with Gasteiger partial charge in [-0.25, -0.2) is 0 Å². The first-order chi connectivity index (χ1) is 7.94. The summed E-state index contributed by atoms with van der Waals surface area (Å²) in [5.74, 6) is 1.77. The highest BCUT2D eigenvalue weighted by atomic mass is 15.2. The third-order valence-corrected chi connectivity index (χ3v) is 3.96. The smallest absolute Gasteiger partial charge is 0.00966 e. The van der Waals surface area contributed by atoms with E-state index in [4.69, 9.17) is 0 Å². The number of hydrogen-bond acceptors (Lipinski definition) is 2. The molecule has 1 saturated heterocycles. The van der Waals surface area contributed by atoms with E-state index in [0.717, 1.165) is 11.8 Å². The van der Waals surface area contributed by atoms with Crippen LogP contribution in [0.3, 0.4) is 0 Å². The molecule has 1 N–H and O–H groups in total. The third kappa shape index (κ3) is 5.87. The summed E-state index contributed by atoms with van der Waals surface area (Å²) in [6, 6.07) is 0. The Hall–Kier alpha value is -0.0800. The summed E-state index contributed by atoms with van der Waals surface area (Å²) < 4.78 is 0. The van der Waals surface area contributed by atoms with Crippen LogP contribution in [0, 0.1) is 11.8 Å². The van der Waals surface area contributed by atoms with Gasteiger partial charge in [0.2, 0.25) is 0 Å². The van der Waals surface area contributed by atoms with E-state index in [9.17, 15) is 0 Å². The number of nitrogens with one attached hydrogen (secondary N) is 1. The van der Waals surface area contributed by atoms with Crippen LogP contribution < -0.4 is 5.32 Å². The fraction of sp³-hybridized carbons (Fsp3) is 1.00. The van der Waals surface area contributed by atoms with E-state index in [1.54, 1.807) is 0 Å². The Labute approximate surface area is 108 Å². The molecule has 0 aromatic rings. The molecule has 2 heteroatoms. The molecule has 0 amide bonds. The van der Waals surface area contributed by atoms with E-state index < -0.39 is 0 Å². The average molecular weight is 240 g/mol. The molecule has 17 heavy (non-hydrogen) atoms. The van der Waals surface area contributed by atoms with Gasteiger partial charge in [-0.2, -0.15) is 0 Å². The second-order valence-corrected chi connectivity index (χ2v) is 6.73. The highest BCUT2D eigenvalue weighted by Gasteiger charge is 2.24. The molecule has 0 aliphatic carbocycles. The van der Waals surface area contributed by atoms with Crippen LogP contribution in [0.4, 0.5) is 0 Å². The number of likely N-dealkylation sites (tertiary alicyclic amines) is 1. The lowest BCUT2D eigenvalue weighted by Gasteiger charge is -2.24. The molecule has 2 nitrogen and oxygen atoms in total. The van der Waals surface area contributed by atoms with E-state index >= 15 is 0 Å². The lowest BCUT2D eigenvalue weighted by atomic mass is 10.0. The van der Waals surface area contributed by atoms with E-state index in [2.05, 4.69) is 44.8 Å². The fourth-order valence-electron chi connectivity index (χ4n) is 2.61. The highest BCUT2D eigenvalue weighted by Crippen LogP contribution is 2.19. The minimum atomic E-state index is 0.267. The van der Waals surface area contributed by atoms with Gasteiger partial charge in [-0.3, -0.25) is 0 Å². The van der Waals surface area contributed by atoms with Gasteiger partial charge in [-0.05, 0) is 52.1 Å². The van der Waals surface area contributed by atoms with Crippen molar-refractivity contribution in [1.82, 2.24) is 10.2 Å².